The van der Waals surface area contributed by atoms with E-state index in [1.165, 1.54) is 6.08 Å². The van der Waals surface area contributed by atoms with Crippen molar-refractivity contribution in [2.75, 3.05) is 12.9 Å². The van der Waals surface area contributed by atoms with E-state index in [0.717, 1.165) is 0 Å². The molecule has 0 rings (SSSR count). The van der Waals surface area contributed by atoms with Gasteiger partial charge in [0.15, 0.2) is 0 Å². The number of nitrogens with one attached hydrogen (secondary N) is 1. The first-order valence-corrected chi connectivity index (χ1v) is 9.78. The van der Waals surface area contributed by atoms with Crippen LogP contribution in [0.4, 0.5) is 4.79 Å². The maximum atomic E-state index is 11.9. The molecule has 3 radical (unpaired) electrons. The number of alkyl carbamates (subject to hydrolysis) is 1. The summed E-state index contributed by atoms with van der Waals surface area (Å²) in [4.78, 5) is 21.3. The number of rotatable bonds is 10. The number of carbonyl (C=O) groups is 1. The Labute approximate surface area is 265 Å². The summed E-state index contributed by atoms with van der Waals surface area (Å²) in [6.45, 7) is 18.1. The molecule has 0 spiro atoms. The number of ether oxygens (including phenoxy) is 1. The Balaban J connectivity index is -0.000000159. The average molecular weight is 679 g/mol. The Morgan fingerprint density at radius 3 is 2.06 bits per heavy atom. The van der Waals surface area contributed by atoms with Crippen LogP contribution in [-0.4, -0.2) is 23.9 Å². The minimum Gasteiger partial charge on any atom is -0.450 e. The molecule has 0 aliphatic rings. The van der Waals surface area contributed by atoms with E-state index in [1.807, 2.05) is 26.8 Å². The summed E-state index contributed by atoms with van der Waals surface area (Å²) in [6.07, 6.45) is 9.23. The van der Waals surface area contributed by atoms with E-state index in [4.69, 9.17) is 9.26 Å². The molecule has 0 aromatic carbocycles. The fourth-order valence-corrected chi connectivity index (χ4v) is 2.09. The molecule has 171 valence electrons. The minimum atomic E-state index is -4.12. The van der Waals surface area contributed by atoms with Crippen molar-refractivity contribution in [2.45, 2.75) is 27.7 Å². The molecule has 6 nitrogen and oxygen atoms in total. The van der Waals surface area contributed by atoms with Crippen LogP contribution in [0.5, 0.6) is 0 Å². The topological polar surface area (TPSA) is 84.9 Å². The van der Waals surface area contributed by atoms with Crippen LogP contribution < -0.4 is 5.32 Å². The normalized spacial score (nSPS) is 11.5. The van der Waals surface area contributed by atoms with E-state index in [9.17, 15) is 14.3 Å². The molecule has 10 heteroatoms. The van der Waals surface area contributed by atoms with Gasteiger partial charge in [-0.15, -0.1) is 12.2 Å². The summed E-state index contributed by atoms with van der Waals surface area (Å²) in [5, 5.41) is 2.16. The number of hydrogen-bond acceptors (Lipinski definition) is 4. The number of amides is 1. The van der Waals surface area contributed by atoms with Crippen LogP contribution in [0.2, 0.25) is 0 Å². The van der Waals surface area contributed by atoms with Crippen molar-refractivity contribution in [1.82, 2.24) is 5.32 Å². The first-order valence-electron chi connectivity index (χ1n) is 8.02. The fraction of sp³-hybridized carbons (Fsp3) is 0.286. The second kappa shape index (κ2) is 31.0. The van der Waals surface area contributed by atoms with Crippen molar-refractivity contribution in [1.29, 1.82) is 0 Å². The molecule has 0 fully saturated rings. The van der Waals surface area contributed by atoms with Crippen LogP contribution in [0.25, 0.3) is 0 Å². The minimum absolute atomic E-state index is 0. The van der Waals surface area contributed by atoms with Crippen molar-refractivity contribution in [3.8, 4) is 0 Å². The van der Waals surface area contributed by atoms with Crippen LogP contribution in [0.3, 0.4) is 0 Å². The van der Waals surface area contributed by atoms with E-state index in [2.05, 4.69) is 31.1 Å². The first-order chi connectivity index (χ1) is 12.2. The Morgan fingerprint density at radius 1 is 1.16 bits per heavy atom. The zero-order chi connectivity index (χ0) is 20.6. The quantitative estimate of drug-likeness (QED) is 0.130. The molecule has 1 amide bonds. The average Bonchev–Trinajstić information content (AvgIpc) is 2.60. The van der Waals surface area contributed by atoms with Gasteiger partial charge in [0, 0.05) is 104 Å². The molecular formula is C21H35NO5PY3-3. The SMILES string of the molecule is C=CC(=[C-]C(=C)C)OP(=O)(O)CNC(=O)OC/C(C=C)=C/C=C\C.CC.[CH3-].[CH3-].[Y].[Y].[Y]. The van der Waals surface area contributed by atoms with E-state index >= 15 is 0 Å². The monoisotopic (exact) mass is 679 g/mol. The first kappa shape index (κ1) is 49.2. The van der Waals surface area contributed by atoms with Crippen LogP contribution in [0, 0.1) is 20.9 Å². The van der Waals surface area contributed by atoms with E-state index < -0.39 is 20.0 Å². The van der Waals surface area contributed by atoms with E-state index in [1.54, 1.807) is 25.2 Å². The molecule has 1 unspecified atom stereocenters. The van der Waals surface area contributed by atoms with Gasteiger partial charge in [-0.05, 0) is 12.5 Å². The van der Waals surface area contributed by atoms with Crippen LogP contribution in [0.1, 0.15) is 27.7 Å². The van der Waals surface area contributed by atoms with E-state index in [0.29, 0.717) is 11.1 Å². The summed E-state index contributed by atoms with van der Waals surface area (Å²) >= 11 is 0. The summed E-state index contributed by atoms with van der Waals surface area (Å²) in [5.41, 5.74) is 1.18. The standard InChI is InChI=1S/C17H23NO5P.C2H6.2CH3.3Y/c1-6-9-10-15(7-2)12-22-17(19)18-13-24(20,21)23-16(8-3)11-14(4)5;1-2;;;;;/h6-10H,2-4,12-13H2,1,5H3,(H,18,19)(H,20,21);1-2H3;2*1H3;;;/q-1;;2*-1;;;/b9-6-,15-10+;;;;;;. The number of hydrogen-bond donors (Lipinski definition) is 2. The zero-order valence-electron chi connectivity index (χ0n) is 19.7. The van der Waals surface area contributed by atoms with Crippen molar-refractivity contribution < 1.29 is 122 Å². The summed E-state index contributed by atoms with van der Waals surface area (Å²) in [5.74, 6) is -0.0354. The number of allylic oxidation sites excluding steroid dienone is 6. The van der Waals surface area contributed by atoms with Gasteiger partial charge in [-0.3, -0.25) is 0 Å². The van der Waals surface area contributed by atoms with Gasteiger partial charge in [0.1, 0.15) is 12.9 Å². The Kier molecular flexibility index (Phi) is 49.2. The molecule has 1 atom stereocenters. The third-order valence-corrected chi connectivity index (χ3v) is 3.36. The molecule has 31 heavy (non-hydrogen) atoms. The van der Waals surface area contributed by atoms with Crippen LogP contribution in [-0.2, 0) is 112 Å². The predicted molar refractivity (Wildman–Crippen MR) is 119 cm³/mol. The number of carbonyl (C=O) groups excluding carboxylic acids is 1. The third-order valence-electron chi connectivity index (χ3n) is 2.32. The summed E-state index contributed by atoms with van der Waals surface area (Å²) < 4.78 is 21.7. The van der Waals surface area contributed by atoms with Gasteiger partial charge in [0.2, 0.25) is 0 Å². The Morgan fingerprint density at radius 2 is 1.68 bits per heavy atom. The Hall–Kier alpha value is 1.01. The largest absolute Gasteiger partial charge is 0.450 e. The zero-order valence-corrected chi connectivity index (χ0v) is 29.1. The molecule has 0 heterocycles. The maximum absolute atomic E-state index is 11.9. The van der Waals surface area contributed by atoms with Crippen LogP contribution in [0.15, 0.2) is 67.0 Å². The molecule has 0 aliphatic carbocycles. The Bertz CT molecular complexity index is 633. The predicted octanol–water partition coefficient (Wildman–Crippen LogP) is 5.93. The molecule has 0 aliphatic heterocycles. The summed E-state index contributed by atoms with van der Waals surface area (Å²) in [6, 6.07) is 0. The van der Waals surface area contributed by atoms with Crippen molar-refractivity contribution in [3.05, 3.63) is 88.0 Å². The molecule has 0 saturated carbocycles. The van der Waals surface area contributed by atoms with Gasteiger partial charge in [0.25, 0.3) is 0 Å². The molecule has 0 saturated heterocycles. The molecule has 2 N–H and O–H groups in total. The second-order valence-corrected chi connectivity index (χ2v) is 6.36. The maximum Gasteiger partial charge on any atom is 0.408 e. The van der Waals surface area contributed by atoms with Gasteiger partial charge < -0.3 is 34.3 Å². The van der Waals surface area contributed by atoms with E-state index in [-0.39, 0.29) is 125 Å². The fourth-order valence-electron chi connectivity index (χ4n) is 1.27. The van der Waals surface area contributed by atoms with Gasteiger partial charge in [-0.1, -0.05) is 51.7 Å². The van der Waals surface area contributed by atoms with Gasteiger partial charge in [-0.2, -0.15) is 18.7 Å². The van der Waals surface area contributed by atoms with Crippen molar-refractivity contribution in [2.24, 2.45) is 0 Å². The second-order valence-electron chi connectivity index (χ2n) is 4.58. The van der Waals surface area contributed by atoms with Crippen molar-refractivity contribution in [3.63, 3.8) is 0 Å². The molecule has 0 aromatic heterocycles. The molecule has 0 aromatic rings. The molecular weight excluding hydrogens is 644 g/mol. The van der Waals surface area contributed by atoms with Gasteiger partial charge in [0.05, 0.1) is 0 Å². The van der Waals surface area contributed by atoms with Crippen molar-refractivity contribution >= 4 is 13.7 Å². The van der Waals surface area contributed by atoms with Gasteiger partial charge in [-0.25, -0.2) is 9.36 Å². The molecule has 0 bridgehead atoms. The van der Waals surface area contributed by atoms with Crippen LogP contribution >= 0.6 is 7.60 Å². The summed E-state index contributed by atoms with van der Waals surface area (Å²) in [7, 11) is -4.12. The smallest absolute Gasteiger partial charge is 0.408 e. The van der Waals surface area contributed by atoms with Gasteiger partial charge >= 0.3 is 13.7 Å². The third kappa shape index (κ3) is 31.0.